The molecule has 0 unspecified atom stereocenters. The van der Waals surface area contributed by atoms with Crippen LogP contribution in [0.5, 0.6) is 5.75 Å². The highest BCUT2D eigenvalue weighted by Gasteiger charge is 2.36. The van der Waals surface area contributed by atoms with Gasteiger partial charge in [-0.25, -0.2) is 12.7 Å². The second-order valence-electron chi connectivity index (χ2n) is 5.69. The smallest absolute Gasteiger partial charge is 0.257 e. The molecule has 2 aromatic rings. The Morgan fingerprint density at radius 2 is 1.93 bits per heavy atom. The highest BCUT2D eigenvalue weighted by Crippen LogP contribution is 2.31. The fraction of sp³-hybridized carbons (Fsp3) is 0.176. The lowest BCUT2D eigenvalue weighted by Crippen LogP contribution is -2.29. The molecule has 1 fully saturated rings. The SMILES string of the molecule is COc1ccc(Cl)cc1NC(=O)c1ccc(N2C(=O)CCS2(=O)=O)cc1Cl. The van der Waals surface area contributed by atoms with Gasteiger partial charge in [0.05, 0.1) is 34.8 Å². The van der Waals surface area contributed by atoms with Crippen LogP contribution in [0.4, 0.5) is 11.4 Å². The highest BCUT2D eigenvalue weighted by atomic mass is 35.5. The van der Waals surface area contributed by atoms with Gasteiger partial charge in [-0.05, 0) is 36.4 Å². The Hall–Kier alpha value is -2.29. The summed E-state index contributed by atoms with van der Waals surface area (Å²) >= 11 is 12.1. The van der Waals surface area contributed by atoms with E-state index in [0.29, 0.717) is 20.8 Å². The second kappa shape index (κ2) is 7.38. The standard InChI is InChI=1S/C17H14Cl2N2O5S/c1-26-15-5-2-10(18)8-14(15)20-17(23)12-4-3-11(9-13(12)19)21-16(22)6-7-27(21,24)25/h2-5,8-9H,6-7H2,1H3,(H,20,23). The van der Waals surface area contributed by atoms with Crippen LogP contribution in [0.25, 0.3) is 0 Å². The summed E-state index contributed by atoms with van der Waals surface area (Å²) in [5.74, 6) is -0.913. The molecular weight excluding hydrogens is 415 g/mol. The molecular formula is C17H14Cl2N2O5S. The van der Waals surface area contributed by atoms with Crippen LogP contribution >= 0.6 is 23.2 Å². The number of methoxy groups -OCH3 is 1. The molecule has 10 heteroatoms. The van der Waals surface area contributed by atoms with Gasteiger partial charge in [0.2, 0.25) is 15.9 Å². The Morgan fingerprint density at radius 1 is 1.19 bits per heavy atom. The normalized spacial score (nSPS) is 15.7. The topological polar surface area (TPSA) is 92.8 Å². The van der Waals surface area contributed by atoms with E-state index >= 15 is 0 Å². The molecule has 0 aromatic heterocycles. The average Bonchev–Trinajstić information content (AvgIpc) is 2.87. The molecule has 0 bridgehead atoms. The molecule has 142 valence electrons. The monoisotopic (exact) mass is 428 g/mol. The van der Waals surface area contributed by atoms with Gasteiger partial charge in [-0.3, -0.25) is 9.59 Å². The molecule has 1 aliphatic heterocycles. The number of carbonyl (C=O) groups excluding carboxylic acids is 2. The van der Waals surface area contributed by atoms with E-state index in [9.17, 15) is 18.0 Å². The molecule has 2 aromatic carbocycles. The zero-order valence-electron chi connectivity index (χ0n) is 14.0. The number of rotatable bonds is 4. The molecule has 1 aliphatic rings. The van der Waals surface area contributed by atoms with Crippen LogP contribution in [0.15, 0.2) is 36.4 Å². The summed E-state index contributed by atoms with van der Waals surface area (Å²) in [5.41, 5.74) is 0.554. The van der Waals surface area contributed by atoms with E-state index in [2.05, 4.69) is 5.32 Å². The summed E-state index contributed by atoms with van der Waals surface area (Å²) in [6.07, 6.45) is -0.0866. The van der Waals surface area contributed by atoms with Crippen molar-refractivity contribution in [2.24, 2.45) is 0 Å². The minimum absolute atomic E-state index is 0.000829. The minimum atomic E-state index is -3.71. The van der Waals surface area contributed by atoms with Gasteiger partial charge in [-0.2, -0.15) is 0 Å². The predicted octanol–water partition coefficient (Wildman–Crippen LogP) is 3.32. The summed E-state index contributed by atoms with van der Waals surface area (Å²) in [4.78, 5) is 24.4. The first-order valence-electron chi connectivity index (χ1n) is 7.73. The van der Waals surface area contributed by atoms with E-state index in [1.807, 2.05) is 0 Å². The van der Waals surface area contributed by atoms with E-state index in [4.69, 9.17) is 27.9 Å². The summed E-state index contributed by atoms with van der Waals surface area (Å²) in [6, 6.07) is 8.72. The first kappa shape index (κ1) is 19.5. The van der Waals surface area contributed by atoms with E-state index in [-0.39, 0.29) is 28.4 Å². The van der Waals surface area contributed by atoms with E-state index in [1.165, 1.54) is 31.4 Å². The molecule has 0 saturated carbocycles. The molecule has 0 spiro atoms. The Labute approximate surface area is 165 Å². The van der Waals surface area contributed by atoms with Crippen LogP contribution in [-0.4, -0.2) is 33.1 Å². The lowest BCUT2D eigenvalue weighted by molar-refractivity contribution is -0.116. The molecule has 0 atom stereocenters. The largest absolute Gasteiger partial charge is 0.495 e. The number of hydrogen-bond donors (Lipinski definition) is 1. The molecule has 2 amide bonds. The van der Waals surface area contributed by atoms with Gasteiger partial charge in [-0.1, -0.05) is 23.2 Å². The lowest BCUT2D eigenvalue weighted by atomic mass is 10.1. The number of sulfonamides is 1. The van der Waals surface area contributed by atoms with Crippen LogP contribution in [0.3, 0.4) is 0 Å². The summed E-state index contributed by atoms with van der Waals surface area (Å²) in [5, 5.41) is 3.05. The van der Waals surface area contributed by atoms with Crippen molar-refractivity contribution < 1.29 is 22.7 Å². The van der Waals surface area contributed by atoms with Crippen molar-refractivity contribution in [2.45, 2.75) is 6.42 Å². The second-order valence-corrected chi connectivity index (χ2v) is 8.47. The summed E-state index contributed by atoms with van der Waals surface area (Å²) in [6.45, 7) is 0. The predicted molar refractivity (Wildman–Crippen MR) is 103 cm³/mol. The highest BCUT2D eigenvalue weighted by molar-refractivity contribution is 7.94. The first-order chi connectivity index (χ1) is 12.7. The fourth-order valence-corrected chi connectivity index (χ4v) is 4.54. The van der Waals surface area contributed by atoms with Crippen LogP contribution in [0.1, 0.15) is 16.8 Å². The molecule has 0 aliphatic carbocycles. The van der Waals surface area contributed by atoms with Gasteiger partial charge in [0.25, 0.3) is 5.91 Å². The van der Waals surface area contributed by atoms with Gasteiger partial charge >= 0.3 is 0 Å². The number of carbonyl (C=O) groups is 2. The molecule has 1 N–H and O–H groups in total. The third-order valence-electron chi connectivity index (χ3n) is 3.92. The third kappa shape index (κ3) is 3.87. The number of anilines is 2. The molecule has 3 rings (SSSR count). The van der Waals surface area contributed by atoms with Gasteiger partial charge in [0, 0.05) is 11.4 Å². The maximum Gasteiger partial charge on any atom is 0.257 e. The number of nitrogens with zero attached hydrogens (tertiary/aromatic N) is 1. The van der Waals surface area contributed by atoms with Gasteiger partial charge < -0.3 is 10.1 Å². The van der Waals surface area contributed by atoms with Crippen LogP contribution < -0.4 is 14.4 Å². The minimum Gasteiger partial charge on any atom is -0.495 e. The Kier molecular flexibility index (Phi) is 5.32. The van der Waals surface area contributed by atoms with Crippen molar-refractivity contribution in [3.8, 4) is 5.75 Å². The maximum atomic E-state index is 12.5. The fourth-order valence-electron chi connectivity index (χ4n) is 2.65. The van der Waals surface area contributed by atoms with Crippen molar-refractivity contribution in [2.75, 3.05) is 22.5 Å². The lowest BCUT2D eigenvalue weighted by Gasteiger charge is -2.16. The molecule has 1 saturated heterocycles. The summed E-state index contributed by atoms with van der Waals surface area (Å²) < 4.78 is 29.9. The summed E-state index contributed by atoms with van der Waals surface area (Å²) in [7, 11) is -2.26. The van der Waals surface area contributed by atoms with E-state index in [1.54, 1.807) is 12.1 Å². The zero-order chi connectivity index (χ0) is 19.8. The van der Waals surface area contributed by atoms with Crippen LogP contribution in [-0.2, 0) is 14.8 Å². The molecule has 0 radical (unpaired) electrons. The zero-order valence-corrected chi connectivity index (χ0v) is 16.4. The number of halogens is 2. The van der Waals surface area contributed by atoms with E-state index in [0.717, 1.165) is 0 Å². The molecule has 1 heterocycles. The number of amides is 2. The number of ether oxygens (including phenoxy) is 1. The number of benzene rings is 2. The van der Waals surface area contributed by atoms with Crippen molar-refractivity contribution in [3.63, 3.8) is 0 Å². The van der Waals surface area contributed by atoms with Crippen molar-refractivity contribution >= 4 is 56.4 Å². The Balaban J connectivity index is 1.89. The quantitative estimate of drug-likeness (QED) is 0.805. The third-order valence-corrected chi connectivity index (χ3v) is 6.16. The van der Waals surface area contributed by atoms with Crippen molar-refractivity contribution in [1.29, 1.82) is 0 Å². The first-order valence-corrected chi connectivity index (χ1v) is 10.1. The number of nitrogens with one attached hydrogen (secondary N) is 1. The average molecular weight is 429 g/mol. The van der Waals surface area contributed by atoms with Gasteiger partial charge in [0.15, 0.2) is 0 Å². The van der Waals surface area contributed by atoms with E-state index < -0.39 is 21.8 Å². The van der Waals surface area contributed by atoms with Crippen molar-refractivity contribution in [3.05, 3.63) is 52.0 Å². The maximum absolute atomic E-state index is 12.5. The van der Waals surface area contributed by atoms with Gasteiger partial charge in [-0.15, -0.1) is 0 Å². The number of hydrogen-bond acceptors (Lipinski definition) is 5. The van der Waals surface area contributed by atoms with Crippen molar-refractivity contribution in [1.82, 2.24) is 0 Å². The van der Waals surface area contributed by atoms with Crippen LogP contribution in [0, 0.1) is 0 Å². The molecule has 27 heavy (non-hydrogen) atoms. The Bertz CT molecular complexity index is 1040. The Morgan fingerprint density at radius 3 is 2.52 bits per heavy atom. The van der Waals surface area contributed by atoms with Crippen LogP contribution in [0.2, 0.25) is 10.0 Å². The van der Waals surface area contributed by atoms with Gasteiger partial charge in [0.1, 0.15) is 5.75 Å². The molecule has 7 nitrogen and oxygen atoms in total.